The molecule has 5 rings (SSSR count). The molecule has 1 unspecified atom stereocenters. The number of esters is 1. The van der Waals surface area contributed by atoms with E-state index in [0.717, 1.165) is 0 Å². The Hall–Kier alpha value is -4.47. The fourth-order valence-corrected chi connectivity index (χ4v) is 5.72. The Morgan fingerprint density at radius 3 is 2.45 bits per heavy atom. The monoisotopic (exact) mass is 601 g/mol. The lowest BCUT2D eigenvalue weighted by molar-refractivity contribution is -0.143. The van der Waals surface area contributed by atoms with Crippen molar-refractivity contribution in [3.63, 3.8) is 0 Å². The van der Waals surface area contributed by atoms with E-state index in [0.29, 0.717) is 42.6 Å². The number of nitrogens with zero attached hydrogens (tertiary/aromatic N) is 2. The van der Waals surface area contributed by atoms with Crippen LogP contribution >= 0.6 is 22.9 Å². The molecule has 1 aromatic heterocycles. The molecule has 0 aliphatic carbocycles. The molecule has 2 heterocycles. The SMILES string of the molecule is CC1=C(C(=O)OC(C)C)C(c2ccc(Cl)cc2)n2c(sc(=Cc3ccccc3OCC(=O)Nc3ccccc3)c2=O)=N1. The van der Waals surface area contributed by atoms with Gasteiger partial charge in [-0.25, -0.2) is 9.79 Å². The fraction of sp³-hybridized carbons (Fsp3) is 0.188. The van der Waals surface area contributed by atoms with E-state index >= 15 is 0 Å². The molecule has 10 heteroatoms. The minimum absolute atomic E-state index is 0.210. The van der Waals surface area contributed by atoms with Gasteiger partial charge in [0.25, 0.3) is 11.5 Å². The average molecular weight is 602 g/mol. The number of aromatic nitrogens is 1. The van der Waals surface area contributed by atoms with Gasteiger partial charge < -0.3 is 14.8 Å². The van der Waals surface area contributed by atoms with Crippen molar-refractivity contribution in [2.75, 3.05) is 11.9 Å². The van der Waals surface area contributed by atoms with Crippen molar-refractivity contribution >= 4 is 46.6 Å². The number of amides is 1. The minimum atomic E-state index is -0.750. The lowest BCUT2D eigenvalue weighted by atomic mass is 9.96. The molecule has 0 radical (unpaired) electrons. The second-order valence-corrected chi connectivity index (χ2v) is 11.3. The number of thiazole rings is 1. The van der Waals surface area contributed by atoms with E-state index in [1.807, 2.05) is 24.3 Å². The lowest BCUT2D eigenvalue weighted by Gasteiger charge is -2.25. The molecule has 1 atom stereocenters. The quantitative estimate of drug-likeness (QED) is 0.291. The third-order valence-corrected chi connectivity index (χ3v) is 7.63. The zero-order valence-electron chi connectivity index (χ0n) is 23.2. The molecule has 0 saturated carbocycles. The van der Waals surface area contributed by atoms with Crippen LogP contribution < -0.4 is 24.9 Å². The fourth-order valence-electron chi connectivity index (χ4n) is 4.56. The van der Waals surface area contributed by atoms with E-state index in [1.54, 1.807) is 81.4 Å². The molecule has 1 N–H and O–H groups in total. The number of anilines is 1. The second kappa shape index (κ2) is 12.6. The highest BCUT2D eigenvalue weighted by atomic mass is 35.5. The Bertz CT molecular complexity index is 1840. The standard InChI is InChI=1S/C32H28ClN3O5S/c1-19(2)41-31(39)28-20(3)34-32-36(29(28)21-13-15-23(33)16-14-21)30(38)26(42-32)17-22-9-7-8-12-25(22)40-18-27(37)35-24-10-5-4-6-11-24/h4-17,19,29H,18H2,1-3H3,(H,35,37). The molecular formula is C32H28ClN3O5S. The van der Waals surface area contributed by atoms with Crippen molar-refractivity contribution in [1.29, 1.82) is 0 Å². The summed E-state index contributed by atoms with van der Waals surface area (Å²) < 4.78 is 13.3. The molecule has 0 spiro atoms. The van der Waals surface area contributed by atoms with Crippen LogP contribution in [0.1, 0.15) is 37.9 Å². The molecule has 1 aliphatic heterocycles. The molecule has 3 aromatic carbocycles. The van der Waals surface area contributed by atoms with E-state index in [4.69, 9.17) is 21.1 Å². The molecule has 0 fully saturated rings. The number of hydrogen-bond acceptors (Lipinski definition) is 7. The summed E-state index contributed by atoms with van der Waals surface area (Å²) in [5.74, 6) is -0.402. The zero-order chi connectivity index (χ0) is 29.8. The number of para-hydroxylation sites is 2. The van der Waals surface area contributed by atoms with Gasteiger partial charge in [0.15, 0.2) is 11.4 Å². The van der Waals surface area contributed by atoms with Crippen LogP contribution in [0.2, 0.25) is 5.02 Å². The normalized spacial score (nSPS) is 14.8. The average Bonchev–Trinajstić information content (AvgIpc) is 3.26. The first kappa shape index (κ1) is 29.0. The summed E-state index contributed by atoms with van der Waals surface area (Å²) in [6.45, 7) is 5.06. The van der Waals surface area contributed by atoms with E-state index < -0.39 is 12.0 Å². The van der Waals surface area contributed by atoms with Crippen LogP contribution in [-0.2, 0) is 14.3 Å². The van der Waals surface area contributed by atoms with E-state index in [-0.39, 0.29) is 29.8 Å². The highest BCUT2D eigenvalue weighted by Gasteiger charge is 2.33. The molecule has 214 valence electrons. The van der Waals surface area contributed by atoms with Gasteiger partial charge in [-0.05, 0) is 62.7 Å². The first-order valence-electron chi connectivity index (χ1n) is 13.3. The van der Waals surface area contributed by atoms with Gasteiger partial charge in [0.05, 0.1) is 27.9 Å². The molecule has 4 aromatic rings. The summed E-state index contributed by atoms with van der Waals surface area (Å²) in [6.07, 6.45) is 1.36. The van der Waals surface area contributed by atoms with E-state index in [2.05, 4.69) is 10.3 Å². The van der Waals surface area contributed by atoms with Crippen molar-refractivity contribution in [2.24, 2.45) is 4.99 Å². The molecule has 8 nitrogen and oxygen atoms in total. The summed E-state index contributed by atoms with van der Waals surface area (Å²) >= 11 is 7.35. The Morgan fingerprint density at radius 2 is 1.74 bits per heavy atom. The molecule has 0 saturated heterocycles. The number of carbonyl (C=O) groups excluding carboxylic acids is 2. The van der Waals surface area contributed by atoms with Crippen LogP contribution in [0.25, 0.3) is 6.08 Å². The van der Waals surface area contributed by atoms with Crippen LogP contribution in [0.5, 0.6) is 5.75 Å². The Balaban J connectivity index is 1.52. The number of halogens is 1. The predicted octanol–water partition coefficient (Wildman–Crippen LogP) is 4.86. The third kappa shape index (κ3) is 6.37. The maximum absolute atomic E-state index is 13.9. The van der Waals surface area contributed by atoms with Crippen molar-refractivity contribution < 1.29 is 19.1 Å². The van der Waals surface area contributed by atoms with Crippen LogP contribution in [0.15, 0.2) is 99.9 Å². The number of fused-ring (bicyclic) bond motifs is 1. The van der Waals surface area contributed by atoms with Crippen molar-refractivity contribution in [3.05, 3.63) is 126 Å². The van der Waals surface area contributed by atoms with Crippen molar-refractivity contribution in [1.82, 2.24) is 4.57 Å². The number of rotatable bonds is 8. The lowest BCUT2D eigenvalue weighted by Crippen LogP contribution is -2.40. The van der Waals surface area contributed by atoms with Gasteiger partial charge in [-0.2, -0.15) is 0 Å². The number of benzene rings is 3. The first-order valence-corrected chi connectivity index (χ1v) is 14.5. The number of allylic oxidation sites excluding steroid dienone is 1. The first-order chi connectivity index (χ1) is 20.2. The minimum Gasteiger partial charge on any atom is -0.483 e. The number of hydrogen-bond donors (Lipinski definition) is 1. The molecule has 0 bridgehead atoms. The zero-order valence-corrected chi connectivity index (χ0v) is 24.7. The van der Waals surface area contributed by atoms with Crippen LogP contribution in [0.3, 0.4) is 0 Å². The maximum Gasteiger partial charge on any atom is 0.338 e. The summed E-state index contributed by atoms with van der Waals surface area (Å²) in [6, 6.07) is 22.5. The van der Waals surface area contributed by atoms with Gasteiger partial charge in [-0.1, -0.05) is 71.5 Å². The van der Waals surface area contributed by atoms with Gasteiger partial charge in [0.1, 0.15) is 5.75 Å². The second-order valence-electron chi connectivity index (χ2n) is 9.83. The topological polar surface area (TPSA) is 99.0 Å². The van der Waals surface area contributed by atoms with Gasteiger partial charge in [0.2, 0.25) is 0 Å². The van der Waals surface area contributed by atoms with E-state index in [9.17, 15) is 14.4 Å². The highest BCUT2D eigenvalue weighted by Crippen LogP contribution is 2.31. The molecular weight excluding hydrogens is 574 g/mol. The number of nitrogens with one attached hydrogen (secondary N) is 1. The van der Waals surface area contributed by atoms with Crippen molar-refractivity contribution in [2.45, 2.75) is 32.9 Å². The predicted molar refractivity (Wildman–Crippen MR) is 163 cm³/mol. The highest BCUT2D eigenvalue weighted by molar-refractivity contribution is 7.07. The number of ether oxygens (including phenoxy) is 2. The summed E-state index contributed by atoms with van der Waals surface area (Å²) in [4.78, 5) is 44.7. The third-order valence-electron chi connectivity index (χ3n) is 6.39. The summed E-state index contributed by atoms with van der Waals surface area (Å²) in [5.41, 5.74) is 2.43. The van der Waals surface area contributed by atoms with Gasteiger partial charge >= 0.3 is 5.97 Å². The van der Waals surface area contributed by atoms with Crippen LogP contribution in [-0.4, -0.2) is 29.2 Å². The van der Waals surface area contributed by atoms with Crippen LogP contribution in [0.4, 0.5) is 5.69 Å². The summed E-state index contributed by atoms with van der Waals surface area (Å²) in [5, 5.41) is 3.32. The smallest absolute Gasteiger partial charge is 0.338 e. The Kier molecular flexibility index (Phi) is 8.70. The Morgan fingerprint density at radius 1 is 1.05 bits per heavy atom. The largest absolute Gasteiger partial charge is 0.483 e. The summed E-state index contributed by atoms with van der Waals surface area (Å²) in [7, 11) is 0. The van der Waals surface area contributed by atoms with Crippen LogP contribution in [0, 0.1) is 0 Å². The van der Waals surface area contributed by atoms with E-state index in [1.165, 1.54) is 15.9 Å². The van der Waals surface area contributed by atoms with Gasteiger partial charge in [-0.3, -0.25) is 14.2 Å². The van der Waals surface area contributed by atoms with Gasteiger partial charge in [0, 0.05) is 16.3 Å². The molecule has 42 heavy (non-hydrogen) atoms. The number of carbonyl (C=O) groups is 2. The van der Waals surface area contributed by atoms with Gasteiger partial charge in [-0.15, -0.1) is 0 Å². The molecule has 1 amide bonds. The maximum atomic E-state index is 13.9. The Labute approximate surface area is 251 Å². The van der Waals surface area contributed by atoms with Crippen molar-refractivity contribution in [3.8, 4) is 5.75 Å². The molecule has 1 aliphatic rings.